The molecule has 0 fully saturated rings. The molecule has 0 saturated carbocycles. The van der Waals surface area contributed by atoms with E-state index >= 15 is 0 Å². The summed E-state index contributed by atoms with van der Waals surface area (Å²) in [6, 6.07) is 15.2. The molecule has 3 nitrogen and oxygen atoms in total. The van der Waals surface area contributed by atoms with Crippen molar-refractivity contribution in [2.75, 3.05) is 5.32 Å². The molecule has 1 N–H and O–H groups in total. The fraction of sp³-hybridized carbons (Fsp3) is 0.235. The Morgan fingerprint density at radius 1 is 1.24 bits per heavy atom. The van der Waals surface area contributed by atoms with E-state index in [1.165, 1.54) is 5.56 Å². The summed E-state index contributed by atoms with van der Waals surface area (Å²) >= 11 is 3.36. The van der Waals surface area contributed by atoms with E-state index in [2.05, 4.69) is 28.2 Å². The number of carbonyl (C=O) groups is 1. The van der Waals surface area contributed by atoms with Crippen LogP contribution in [0.1, 0.15) is 19.4 Å². The molecule has 1 amide bonds. The number of halogens is 1. The highest BCUT2D eigenvalue weighted by molar-refractivity contribution is 9.10. The average molecular weight is 348 g/mol. The van der Waals surface area contributed by atoms with Gasteiger partial charge in [0.05, 0.1) is 0 Å². The standard InChI is InChI=1S/C17H18BrNO2/c1-3-13-5-4-6-15(11-13)19-17(20)12(2)21-16-9-7-14(18)8-10-16/h4-12H,3H2,1-2H3,(H,19,20)/t12-/m0/s1. The number of amides is 1. The zero-order valence-electron chi connectivity index (χ0n) is 12.1. The van der Waals surface area contributed by atoms with Gasteiger partial charge in [-0.15, -0.1) is 0 Å². The third-order valence-electron chi connectivity index (χ3n) is 3.10. The minimum Gasteiger partial charge on any atom is -0.481 e. The van der Waals surface area contributed by atoms with Crippen molar-refractivity contribution in [3.05, 3.63) is 58.6 Å². The van der Waals surface area contributed by atoms with Crippen LogP contribution in [-0.4, -0.2) is 12.0 Å². The van der Waals surface area contributed by atoms with E-state index < -0.39 is 6.10 Å². The van der Waals surface area contributed by atoms with Crippen molar-refractivity contribution < 1.29 is 9.53 Å². The van der Waals surface area contributed by atoms with E-state index in [1.807, 2.05) is 48.5 Å². The lowest BCUT2D eigenvalue weighted by Gasteiger charge is -2.15. The first-order chi connectivity index (χ1) is 10.1. The second kappa shape index (κ2) is 7.27. The SMILES string of the molecule is CCc1cccc(NC(=O)[C@H](C)Oc2ccc(Br)cc2)c1. The summed E-state index contributed by atoms with van der Waals surface area (Å²) in [4.78, 5) is 12.1. The van der Waals surface area contributed by atoms with Crippen molar-refractivity contribution in [3.8, 4) is 5.75 Å². The molecule has 110 valence electrons. The van der Waals surface area contributed by atoms with Crippen LogP contribution in [-0.2, 0) is 11.2 Å². The maximum absolute atomic E-state index is 12.1. The van der Waals surface area contributed by atoms with Gasteiger partial charge in [0, 0.05) is 10.2 Å². The topological polar surface area (TPSA) is 38.3 Å². The Morgan fingerprint density at radius 2 is 1.95 bits per heavy atom. The summed E-state index contributed by atoms with van der Waals surface area (Å²) in [5.41, 5.74) is 1.99. The maximum atomic E-state index is 12.1. The van der Waals surface area contributed by atoms with Crippen LogP contribution in [0.4, 0.5) is 5.69 Å². The average Bonchev–Trinajstić information content (AvgIpc) is 2.49. The van der Waals surface area contributed by atoms with Gasteiger partial charge >= 0.3 is 0 Å². The fourth-order valence-electron chi connectivity index (χ4n) is 1.88. The van der Waals surface area contributed by atoms with Gasteiger partial charge in [-0.2, -0.15) is 0 Å². The molecule has 0 aliphatic carbocycles. The summed E-state index contributed by atoms with van der Waals surface area (Å²) in [6.07, 6.45) is 0.380. The molecule has 21 heavy (non-hydrogen) atoms. The molecule has 0 bridgehead atoms. The number of rotatable bonds is 5. The number of hydrogen-bond donors (Lipinski definition) is 1. The van der Waals surface area contributed by atoms with Gasteiger partial charge in [-0.3, -0.25) is 4.79 Å². The predicted octanol–water partition coefficient (Wildman–Crippen LogP) is 4.42. The van der Waals surface area contributed by atoms with Crippen molar-refractivity contribution in [1.29, 1.82) is 0 Å². The Hall–Kier alpha value is -1.81. The van der Waals surface area contributed by atoms with Crippen LogP contribution in [0.2, 0.25) is 0 Å². The molecule has 0 unspecified atom stereocenters. The van der Waals surface area contributed by atoms with Gasteiger partial charge in [-0.25, -0.2) is 0 Å². The number of ether oxygens (including phenoxy) is 1. The molecular formula is C17H18BrNO2. The Labute approximate surface area is 133 Å². The largest absolute Gasteiger partial charge is 0.481 e. The molecule has 0 aromatic heterocycles. The van der Waals surface area contributed by atoms with Crippen LogP contribution in [0.3, 0.4) is 0 Å². The Morgan fingerprint density at radius 3 is 2.62 bits per heavy atom. The smallest absolute Gasteiger partial charge is 0.265 e. The molecule has 2 rings (SSSR count). The van der Waals surface area contributed by atoms with E-state index in [4.69, 9.17) is 4.74 Å². The number of benzene rings is 2. The van der Waals surface area contributed by atoms with Gasteiger partial charge in [0.15, 0.2) is 6.10 Å². The predicted molar refractivity (Wildman–Crippen MR) is 88.7 cm³/mol. The summed E-state index contributed by atoms with van der Waals surface area (Å²) < 4.78 is 6.60. The normalized spacial score (nSPS) is 11.8. The van der Waals surface area contributed by atoms with Crippen molar-refractivity contribution in [1.82, 2.24) is 0 Å². The van der Waals surface area contributed by atoms with Crippen LogP contribution in [0.15, 0.2) is 53.0 Å². The lowest BCUT2D eigenvalue weighted by atomic mass is 10.1. The van der Waals surface area contributed by atoms with E-state index in [1.54, 1.807) is 6.92 Å². The minimum atomic E-state index is -0.559. The van der Waals surface area contributed by atoms with Crippen LogP contribution >= 0.6 is 15.9 Å². The number of aryl methyl sites for hydroxylation is 1. The van der Waals surface area contributed by atoms with Crippen LogP contribution in [0.5, 0.6) is 5.75 Å². The fourth-order valence-corrected chi connectivity index (χ4v) is 2.15. The van der Waals surface area contributed by atoms with Crippen molar-refractivity contribution >= 4 is 27.5 Å². The summed E-state index contributed by atoms with van der Waals surface area (Å²) in [6.45, 7) is 3.82. The molecule has 0 radical (unpaired) electrons. The van der Waals surface area contributed by atoms with E-state index in [9.17, 15) is 4.79 Å². The van der Waals surface area contributed by atoms with E-state index in [-0.39, 0.29) is 5.91 Å². The quantitative estimate of drug-likeness (QED) is 0.869. The molecule has 0 aliphatic rings. The molecule has 0 heterocycles. The third kappa shape index (κ3) is 4.60. The number of hydrogen-bond acceptors (Lipinski definition) is 2. The van der Waals surface area contributed by atoms with Gasteiger partial charge in [0.2, 0.25) is 0 Å². The van der Waals surface area contributed by atoms with Gasteiger partial charge < -0.3 is 10.1 Å². The zero-order chi connectivity index (χ0) is 15.2. The number of carbonyl (C=O) groups excluding carboxylic acids is 1. The molecule has 2 aromatic carbocycles. The third-order valence-corrected chi connectivity index (χ3v) is 3.63. The van der Waals surface area contributed by atoms with Gasteiger partial charge in [0.1, 0.15) is 5.75 Å². The second-order valence-electron chi connectivity index (χ2n) is 4.76. The number of nitrogens with one attached hydrogen (secondary N) is 1. The van der Waals surface area contributed by atoms with Crippen LogP contribution < -0.4 is 10.1 Å². The van der Waals surface area contributed by atoms with Gasteiger partial charge in [-0.1, -0.05) is 35.0 Å². The summed E-state index contributed by atoms with van der Waals surface area (Å²) in [5, 5.41) is 2.87. The van der Waals surface area contributed by atoms with E-state index in [0.29, 0.717) is 5.75 Å². The first kappa shape index (κ1) is 15.6. The number of anilines is 1. The molecule has 4 heteroatoms. The summed E-state index contributed by atoms with van der Waals surface area (Å²) in [5.74, 6) is 0.509. The highest BCUT2D eigenvalue weighted by Gasteiger charge is 2.14. The lowest BCUT2D eigenvalue weighted by molar-refractivity contribution is -0.122. The van der Waals surface area contributed by atoms with Gasteiger partial charge in [0.25, 0.3) is 5.91 Å². The van der Waals surface area contributed by atoms with E-state index in [0.717, 1.165) is 16.6 Å². The zero-order valence-corrected chi connectivity index (χ0v) is 13.7. The Kier molecular flexibility index (Phi) is 5.39. The Balaban J connectivity index is 1.97. The maximum Gasteiger partial charge on any atom is 0.265 e. The lowest BCUT2D eigenvalue weighted by Crippen LogP contribution is -2.30. The minimum absolute atomic E-state index is 0.161. The monoisotopic (exact) mass is 347 g/mol. The highest BCUT2D eigenvalue weighted by Crippen LogP contribution is 2.18. The highest BCUT2D eigenvalue weighted by atomic mass is 79.9. The van der Waals surface area contributed by atoms with Crippen LogP contribution in [0.25, 0.3) is 0 Å². The van der Waals surface area contributed by atoms with Crippen molar-refractivity contribution in [2.45, 2.75) is 26.4 Å². The molecule has 0 saturated heterocycles. The summed E-state index contributed by atoms with van der Waals surface area (Å²) in [7, 11) is 0. The second-order valence-corrected chi connectivity index (χ2v) is 5.67. The molecule has 1 atom stereocenters. The molecule has 0 aliphatic heterocycles. The molecule has 2 aromatic rings. The first-order valence-corrected chi connectivity index (χ1v) is 7.70. The van der Waals surface area contributed by atoms with Crippen LogP contribution in [0, 0.1) is 0 Å². The first-order valence-electron chi connectivity index (χ1n) is 6.90. The Bertz CT molecular complexity index is 610. The van der Waals surface area contributed by atoms with Crippen molar-refractivity contribution in [3.63, 3.8) is 0 Å². The molecule has 0 spiro atoms. The van der Waals surface area contributed by atoms with Crippen molar-refractivity contribution in [2.24, 2.45) is 0 Å². The van der Waals surface area contributed by atoms with Gasteiger partial charge in [-0.05, 0) is 55.3 Å². The molecular weight excluding hydrogens is 330 g/mol.